The normalized spacial score (nSPS) is 22.6. The van der Waals surface area contributed by atoms with Crippen molar-refractivity contribution in [2.24, 2.45) is 0 Å². The van der Waals surface area contributed by atoms with Gasteiger partial charge < -0.3 is 19.7 Å². The summed E-state index contributed by atoms with van der Waals surface area (Å²) in [7, 11) is 1.71. The molecular formula is C16H25ClN2O2. The van der Waals surface area contributed by atoms with Crippen molar-refractivity contribution in [2.75, 3.05) is 38.3 Å². The van der Waals surface area contributed by atoms with E-state index in [2.05, 4.69) is 36.2 Å². The quantitative estimate of drug-likeness (QED) is 0.819. The van der Waals surface area contributed by atoms with Gasteiger partial charge in [0.15, 0.2) is 0 Å². The summed E-state index contributed by atoms with van der Waals surface area (Å²) in [5.41, 5.74) is 2.29. The van der Waals surface area contributed by atoms with Gasteiger partial charge in [0.2, 0.25) is 0 Å². The van der Waals surface area contributed by atoms with Crippen LogP contribution in [0.25, 0.3) is 0 Å². The van der Waals surface area contributed by atoms with Gasteiger partial charge in [-0.15, -0.1) is 0 Å². The van der Waals surface area contributed by atoms with E-state index in [0.717, 1.165) is 43.6 Å². The number of methoxy groups -OCH3 is 1. The number of morpholine rings is 1. The second kappa shape index (κ2) is 7.99. The predicted molar refractivity (Wildman–Crippen MR) is 87.3 cm³/mol. The van der Waals surface area contributed by atoms with E-state index in [1.807, 2.05) is 6.07 Å². The Morgan fingerprint density at radius 1 is 1.43 bits per heavy atom. The average molecular weight is 313 g/mol. The average Bonchev–Trinajstić information content (AvgIpc) is 2.47. The lowest BCUT2D eigenvalue weighted by Gasteiger charge is -2.39. The molecule has 2 atom stereocenters. The third kappa shape index (κ3) is 4.58. The van der Waals surface area contributed by atoms with E-state index < -0.39 is 0 Å². The minimum atomic E-state index is 0.243. The molecule has 1 aromatic rings. The van der Waals surface area contributed by atoms with Crippen LogP contribution in [-0.2, 0) is 16.0 Å². The maximum Gasteiger partial charge on any atom is 0.0723 e. The van der Waals surface area contributed by atoms with Crippen LogP contribution < -0.4 is 10.2 Å². The van der Waals surface area contributed by atoms with Crippen molar-refractivity contribution in [1.82, 2.24) is 5.32 Å². The maximum absolute atomic E-state index is 6.48. The lowest BCUT2D eigenvalue weighted by Crippen LogP contribution is -2.47. The number of anilines is 1. The van der Waals surface area contributed by atoms with Gasteiger partial charge in [0.1, 0.15) is 0 Å². The highest BCUT2D eigenvalue weighted by atomic mass is 35.5. The van der Waals surface area contributed by atoms with Crippen molar-refractivity contribution in [1.29, 1.82) is 0 Å². The summed E-state index contributed by atoms with van der Waals surface area (Å²) >= 11 is 6.48. The van der Waals surface area contributed by atoms with Crippen LogP contribution in [0.3, 0.4) is 0 Å². The van der Waals surface area contributed by atoms with E-state index in [9.17, 15) is 0 Å². The topological polar surface area (TPSA) is 33.7 Å². The fraction of sp³-hybridized carbons (Fsp3) is 0.625. The SMILES string of the molecule is COCCNCc1ccc(N2CC(C)OCC2C)c(Cl)c1. The van der Waals surface area contributed by atoms with Crippen molar-refractivity contribution in [2.45, 2.75) is 32.5 Å². The van der Waals surface area contributed by atoms with Gasteiger partial charge in [-0.1, -0.05) is 17.7 Å². The maximum atomic E-state index is 6.48. The molecule has 1 fully saturated rings. The highest BCUT2D eigenvalue weighted by Crippen LogP contribution is 2.30. The Morgan fingerprint density at radius 2 is 2.24 bits per heavy atom. The van der Waals surface area contributed by atoms with Crippen molar-refractivity contribution >= 4 is 17.3 Å². The molecule has 0 saturated carbocycles. The van der Waals surface area contributed by atoms with Crippen LogP contribution in [-0.4, -0.2) is 45.6 Å². The zero-order chi connectivity index (χ0) is 15.2. The van der Waals surface area contributed by atoms with E-state index in [4.69, 9.17) is 21.1 Å². The van der Waals surface area contributed by atoms with Gasteiger partial charge in [-0.3, -0.25) is 0 Å². The largest absolute Gasteiger partial charge is 0.383 e. The number of nitrogens with one attached hydrogen (secondary N) is 1. The Bertz CT molecular complexity index is 456. The standard InChI is InChI=1S/C16H25ClN2O2/c1-12-11-21-13(2)10-19(12)16-5-4-14(8-15(16)17)9-18-6-7-20-3/h4-5,8,12-13,18H,6-7,9-11H2,1-3H3. The number of rotatable bonds is 6. The van der Waals surface area contributed by atoms with E-state index >= 15 is 0 Å². The number of ether oxygens (including phenoxy) is 2. The van der Waals surface area contributed by atoms with Gasteiger partial charge in [0, 0.05) is 32.8 Å². The summed E-state index contributed by atoms with van der Waals surface area (Å²) in [6, 6.07) is 6.64. The van der Waals surface area contributed by atoms with Crippen LogP contribution in [0.1, 0.15) is 19.4 Å². The van der Waals surface area contributed by atoms with Gasteiger partial charge in [-0.05, 0) is 31.5 Å². The molecule has 0 aliphatic carbocycles. The molecule has 0 bridgehead atoms. The first-order valence-corrected chi connectivity index (χ1v) is 7.86. The predicted octanol–water partition coefficient (Wildman–Crippen LogP) is 2.69. The van der Waals surface area contributed by atoms with E-state index in [-0.39, 0.29) is 6.10 Å². The van der Waals surface area contributed by atoms with Crippen LogP contribution in [0.15, 0.2) is 18.2 Å². The summed E-state index contributed by atoms with van der Waals surface area (Å²) in [5.74, 6) is 0. The molecule has 1 saturated heterocycles. The van der Waals surface area contributed by atoms with Crippen LogP contribution in [0, 0.1) is 0 Å². The number of halogens is 1. The van der Waals surface area contributed by atoms with Gasteiger partial charge in [-0.25, -0.2) is 0 Å². The first-order valence-electron chi connectivity index (χ1n) is 7.48. The molecule has 1 N–H and O–H groups in total. The van der Waals surface area contributed by atoms with Crippen molar-refractivity contribution < 1.29 is 9.47 Å². The monoisotopic (exact) mass is 312 g/mol. The molecule has 1 aliphatic heterocycles. The minimum Gasteiger partial charge on any atom is -0.383 e. The Hall–Kier alpha value is -0.810. The molecule has 118 valence electrons. The summed E-state index contributed by atoms with van der Waals surface area (Å²) in [4.78, 5) is 2.33. The van der Waals surface area contributed by atoms with E-state index in [1.165, 1.54) is 5.56 Å². The third-order valence-corrected chi connectivity index (χ3v) is 4.04. The Labute approximate surface area is 132 Å². The van der Waals surface area contributed by atoms with Crippen LogP contribution in [0.5, 0.6) is 0 Å². The zero-order valence-corrected chi connectivity index (χ0v) is 13.8. The van der Waals surface area contributed by atoms with Crippen molar-refractivity contribution in [3.05, 3.63) is 28.8 Å². The fourth-order valence-corrected chi connectivity index (χ4v) is 2.85. The molecule has 1 aliphatic rings. The molecule has 1 aromatic carbocycles. The molecular weight excluding hydrogens is 288 g/mol. The summed E-state index contributed by atoms with van der Waals surface area (Å²) in [6.07, 6.45) is 0.243. The van der Waals surface area contributed by atoms with Gasteiger partial charge in [-0.2, -0.15) is 0 Å². The van der Waals surface area contributed by atoms with Crippen molar-refractivity contribution in [3.63, 3.8) is 0 Å². The number of hydrogen-bond acceptors (Lipinski definition) is 4. The molecule has 0 spiro atoms. The van der Waals surface area contributed by atoms with E-state index in [1.54, 1.807) is 7.11 Å². The fourth-order valence-electron chi connectivity index (χ4n) is 2.54. The highest BCUT2D eigenvalue weighted by molar-refractivity contribution is 6.33. The second-order valence-corrected chi connectivity index (χ2v) is 6.01. The smallest absolute Gasteiger partial charge is 0.0723 e. The Kier molecular flexibility index (Phi) is 6.30. The lowest BCUT2D eigenvalue weighted by atomic mass is 10.1. The first kappa shape index (κ1) is 16.6. The molecule has 0 radical (unpaired) electrons. The molecule has 4 nitrogen and oxygen atoms in total. The molecule has 21 heavy (non-hydrogen) atoms. The number of hydrogen-bond donors (Lipinski definition) is 1. The molecule has 2 rings (SSSR count). The third-order valence-electron chi connectivity index (χ3n) is 3.74. The molecule has 0 aromatic heterocycles. The van der Waals surface area contributed by atoms with E-state index in [0.29, 0.717) is 6.04 Å². The number of nitrogens with zero attached hydrogens (tertiary/aromatic N) is 1. The van der Waals surface area contributed by atoms with Crippen LogP contribution in [0.4, 0.5) is 5.69 Å². The molecule has 5 heteroatoms. The minimum absolute atomic E-state index is 0.243. The van der Waals surface area contributed by atoms with Gasteiger partial charge in [0.05, 0.1) is 30.0 Å². The lowest BCUT2D eigenvalue weighted by molar-refractivity contribution is 0.0344. The van der Waals surface area contributed by atoms with Crippen LogP contribution >= 0.6 is 11.6 Å². The Morgan fingerprint density at radius 3 is 2.95 bits per heavy atom. The molecule has 2 unspecified atom stereocenters. The molecule has 1 heterocycles. The second-order valence-electron chi connectivity index (χ2n) is 5.60. The van der Waals surface area contributed by atoms with Crippen molar-refractivity contribution in [3.8, 4) is 0 Å². The summed E-state index contributed by atoms with van der Waals surface area (Å²) < 4.78 is 10.7. The van der Waals surface area contributed by atoms with Gasteiger partial charge in [0.25, 0.3) is 0 Å². The van der Waals surface area contributed by atoms with Crippen LogP contribution in [0.2, 0.25) is 5.02 Å². The highest BCUT2D eigenvalue weighted by Gasteiger charge is 2.25. The van der Waals surface area contributed by atoms with Gasteiger partial charge >= 0.3 is 0 Å². The number of benzene rings is 1. The molecule has 0 amide bonds. The zero-order valence-electron chi connectivity index (χ0n) is 13.1. The Balaban J connectivity index is 2.01. The first-order chi connectivity index (χ1) is 10.1. The summed E-state index contributed by atoms with van der Waals surface area (Å²) in [5, 5.41) is 4.13. The summed E-state index contributed by atoms with van der Waals surface area (Å²) in [6.45, 7) is 8.26.